The van der Waals surface area contributed by atoms with Gasteiger partial charge >= 0.3 is 0 Å². The molecule has 0 unspecified atom stereocenters. The van der Waals surface area contributed by atoms with E-state index in [2.05, 4.69) is 6.92 Å². The van der Waals surface area contributed by atoms with Crippen molar-refractivity contribution >= 4 is 10.1 Å². The van der Waals surface area contributed by atoms with Crippen molar-refractivity contribution < 1.29 is 13.0 Å². The Balaban J connectivity index is 0.00000400. The summed E-state index contributed by atoms with van der Waals surface area (Å²) in [5, 5.41) is 0. The van der Waals surface area contributed by atoms with Gasteiger partial charge in [-0.1, -0.05) is 70.1 Å². The summed E-state index contributed by atoms with van der Waals surface area (Å²) in [6.07, 6.45) is 10.5. The number of unbranched alkanes of at least 4 members (excludes halogenated alkanes) is 7. The predicted octanol–water partition coefficient (Wildman–Crippen LogP) is 4.78. The van der Waals surface area contributed by atoms with Gasteiger partial charge in [-0.05, 0) is 24.5 Å². The van der Waals surface area contributed by atoms with Crippen LogP contribution >= 0.6 is 0 Å². The second-order valence-electron chi connectivity index (χ2n) is 5.31. The third-order valence-electron chi connectivity index (χ3n) is 3.55. The average Bonchev–Trinajstić information content (AvgIpc) is 2.41. The molecule has 122 valence electrons. The molecule has 5 heteroatoms. The Morgan fingerprint density at radius 3 is 2.00 bits per heavy atom. The second-order valence-corrected chi connectivity index (χ2v) is 6.70. The molecule has 0 aliphatic heterocycles. The summed E-state index contributed by atoms with van der Waals surface area (Å²) in [6, 6.07) is 6.70. The fourth-order valence-electron chi connectivity index (χ4n) is 2.41. The van der Waals surface area contributed by atoms with Gasteiger partial charge in [-0.25, -0.2) is 0 Å². The smallest absolute Gasteiger partial charge is 0.294 e. The summed E-state index contributed by atoms with van der Waals surface area (Å²) >= 11 is 0. The van der Waals surface area contributed by atoms with Crippen molar-refractivity contribution in [1.29, 1.82) is 0 Å². The zero-order valence-electron chi connectivity index (χ0n) is 13.1. The van der Waals surface area contributed by atoms with Crippen molar-refractivity contribution in [3.05, 3.63) is 29.8 Å². The molecule has 0 radical (unpaired) electrons. The molecule has 0 saturated heterocycles. The Bertz CT molecular complexity index is 486. The van der Waals surface area contributed by atoms with E-state index in [1.807, 2.05) is 6.07 Å². The number of hydrogen-bond donors (Lipinski definition) is 2. The molecule has 4 nitrogen and oxygen atoms in total. The van der Waals surface area contributed by atoms with Crippen molar-refractivity contribution in [3.63, 3.8) is 0 Å². The van der Waals surface area contributed by atoms with Crippen molar-refractivity contribution in [2.45, 2.75) is 69.6 Å². The Labute approximate surface area is 129 Å². The minimum atomic E-state index is -4.09. The SMILES string of the molecule is CCCCCCCCCCc1ccccc1S(=O)(=O)O.N. The molecule has 0 fully saturated rings. The van der Waals surface area contributed by atoms with Crippen molar-refractivity contribution in [2.75, 3.05) is 0 Å². The molecule has 0 amide bonds. The van der Waals surface area contributed by atoms with Crippen molar-refractivity contribution in [3.8, 4) is 0 Å². The fraction of sp³-hybridized carbons (Fsp3) is 0.625. The summed E-state index contributed by atoms with van der Waals surface area (Å²) in [7, 11) is -4.09. The van der Waals surface area contributed by atoms with Crippen LogP contribution in [-0.4, -0.2) is 13.0 Å². The van der Waals surface area contributed by atoms with Crippen molar-refractivity contribution in [1.82, 2.24) is 6.15 Å². The normalized spacial score (nSPS) is 11.1. The first-order valence-corrected chi connectivity index (χ1v) is 9.05. The van der Waals surface area contributed by atoms with E-state index >= 15 is 0 Å². The molecular weight excluding hydrogens is 286 g/mol. The standard InChI is InChI=1S/C16H26O3S.H3N/c1-2-3-4-5-6-7-8-9-12-15-13-10-11-14-16(15)20(17,18)19;/h10-11,13-14H,2-9,12H2,1H3,(H,17,18,19);1H3. The number of benzene rings is 1. The van der Waals surface area contributed by atoms with Gasteiger partial charge in [0.2, 0.25) is 0 Å². The highest BCUT2D eigenvalue weighted by Gasteiger charge is 2.13. The number of rotatable bonds is 10. The average molecular weight is 315 g/mol. The van der Waals surface area contributed by atoms with Crippen LogP contribution in [0.4, 0.5) is 0 Å². The van der Waals surface area contributed by atoms with Crippen LogP contribution in [0.5, 0.6) is 0 Å². The predicted molar refractivity (Wildman–Crippen MR) is 87.6 cm³/mol. The van der Waals surface area contributed by atoms with Gasteiger partial charge < -0.3 is 6.15 Å². The third kappa shape index (κ3) is 8.19. The van der Waals surface area contributed by atoms with Crippen LogP contribution in [0, 0.1) is 0 Å². The zero-order valence-corrected chi connectivity index (χ0v) is 13.9. The minimum Gasteiger partial charge on any atom is -0.344 e. The van der Waals surface area contributed by atoms with Crippen LogP contribution < -0.4 is 6.15 Å². The Morgan fingerprint density at radius 2 is 1.43 bits per heavy atom. The molecule has 4 N–H and O–H groups in total. The van der Waals surface area contributed by atoms with Crippen LogP contribution in [0.25, 0.3) is 0 Å². The third-order valence-corrected chi connectivity index (χ3v) is 4.50. The lowest BCUT2D eigenvalue weighted by atomic mass is 10.0. The molecule has 21 heavy (non-hydrogen) atoms. The molecule has 0 saturated carbocycles. The van der Waals surface area contributed by atoms with E-state index in [1.54, 1.807) is 12.1 Å². The summed E-state index contributed by atoms with van der Waals surface area (Å²) in [5.41, 5.74) is 0.723. The number of aryl methyl sites for hydroxylation is 1. The minimum absolute atomic E-state index is 0. The summed E-state index contributed by atoms with van der Waals surface area (Å²) in [5.74, 6) is 0. The van der Waals surface area contributed by atoms with Gasteiger partial charge in [-0.3, -0.25) is 4.55 Å². The number of hydrogen-bond acceptors (Lipinski definition) is 3. The van der Waals surface area contributed by atoms with Gasteiger partial charge in [0.05, 0.1) is 4.90 Å². The fourth-order valence-corrected chi connectivity index (χ4v) is 3.16. The van der Waals surface area contributed by atoms with Gasteiger partial charge in [-0.15, -0.1) is 0 Å². The highest BCUT2D eigenvalue weighted by atomic mass is 32.2. The van der Waals surface area contributed by atoms with E-state index in [0.29, 0.717) is 6.42 Å². The van der Waals surface area contributed by atoms with Crippen LogP contribution in [-0.2, 0) is 16.5 Å². The first-order chi connectivity index (χ1) is 9.55. The summed E-state index contributed by atoms with van der Waals surface area (Å²) in [6.45, 7) is 2.21. The lowest BCUT2D eigenvalue weighted by molar-refractivity contribution is 0.481. The molecule has 0 aromatic heterocycles. The molecule has 1 aromatic carbocycles. The lowest BCUT2D eigenvalue weighted by Crippen LogP contribution is -2.03. The Morgan fingerprint density at radius 1 is 0.905 bits per heavy atom. The maximum atomic E-state index is 11.2. The van der Waals surface area contributed by atoms with Gasteiger partial charge in [0, 0.05) is 0 Å². The molecule has 1 aromatic rings. The second kappa shape index (κ2) is 10.8. The molecule has 0 aliphatic carbocycles. The highest BCUT2D eigenvalue weighted by Crippen LogP contribution is 2.18. The van der Waals surface area contributed by atoms with Crippen LogP contribution in [0.1, 0.15) is 63.9 Å². The largest absolute Gasteiger partial charge is 0.344 e. The van der Waals surface area contributed by atoms with E-state index in [4.69, 9.17) is 4.55 Å². The molecule has 0 atom stereocenters. The summed E-state index contributed by atoms with van der Waals surface area (Å²) < 4.78 is 31.7. The molecule has 1 rings (SSSR count). The molecular formula is C16H29NO3S. The quantitative estimate of drug-likeness (QED) is 0.480. The van der Waals surface area contributed by atoms with E-state index in [0.717, 1.165) is 18.4 Å². The van der Waals surface area contributed by atoms with Gasteiger partial charge in [0.1, 0.15) is 0 Å². The lowest BCUT2D eigenvalue weighted by Gasteiger charge is -2.06. The van der Waals surface area contributed by atoms with Crippen LogP contribution in [0.15, 0.2) is 29.2 Å². The van der Waals surface area contributed by atoms with Crippen LogP contribution in [0.2, 0.25) is 0 Å². The topological polar surface area (TPSA) is 89.4 Å². The van der Waals surface area contributed by atoms with Gasteiger partial charge in [0.25, 0.3) is 10.1 Å². The van der Waals surface area contributed by atoms with Gasteiger partial charge in [-0.2, -0.15) is 8.42 Å². The molecule has 0 spiro atoms. The monoisotopic (exact) mass is 315 g/mol. The zero-order chi connectivity index (χ0) is 14.8. The highest BCUT2D eigenvalue weighted by molar-refractivity contribution is 7.85. The van der Waals surface area contributed by atoms with Gasteiger partial charge in [0.15, 0.2) is 0 Å². The Kier molecular flexibility index (Phi) is 10.3. The molecule has 0 aliphatic rings. The van der Waals surface area contributed by atoms with Crippen molar-refractivity contribution in [2.24, 2.45) is 0 Å². The van der Waals surface area contributed by atoms with E-state index in [9.17, 15) is 8.42 Å². The summed E-state index contributed by atoms with van der Waals surface area (Å²) in [4.78, 5) is 0.0583. The van der Waals surface area contributed by atoms with E-state index in [1.165, 1.54) is 44.6 Å². The van der Waals surface area contributed by atoms with E-state index < -0.39 is 10.1 Å². The van der Waals surface area contributed by atoms with E-state index in [-0.39, 0.29) is 11.0 Å². The van der Waals surface area contributed by atoms with Crippen LogP contribution in [0.3, 0.4) is 0 Å². The maximum absolute atomic E-state index is 11.2. The Hall–Kier alpha value is -0.910. The molecule has 0 bridgehead atoms. The molecule has 0 heterocycles. The first-order valence-electron chi connectivity index (χ1n) is 7.61. The maximum Gasteiger partial charge on any atom is 0.294 e. The first kappa shape index (κ1) is 20.1.